The zero-order valence-electron chi connectivity index (χ0n) is 10.1. The van der Waals surface area contributed by atoms with Crippen LogP contribution in [-0.4, -0.2) is 28.6 Å². The Balaban J connectivity index is 2.31. The van der Waals surface area contributed by atoms with Crippen LogP contribution in [-0.2, 0) is 4.79 Å². The topological polar surface area (TPSA) is 64.3 Å². The van der Waals surface area contributed by atoms with Gasteiger partial charge in [0.25, 0.3) is 0 Å². The van der Waals surface area contributed by atoms with Crippen molar-refractivity contribution in [3.63, 3.8) is 0 Å². The summed E-state index contributed by atoms with van der Waals surface area (Å²) in [7, 11) is 0. The molecule has 0 radical (unpaired) electrons. The molecule has 0 bridgehead atoms. The third kappa shape index (κ3) is 2.36. The van der Waals surface area contributed by atoms with Gasteiger partial charge in [0.15, 0.2) is 0 Å². The Morgan fingerprint density at radius 3 is 2.78 bits per heavy atom. The molecule has 94 valence electrons. The summed E-state index contributed by atoms with van der Waals surface area (Å²) in [6.07, 6.45) is 1.90. The highest BCUT2D eigenvalue weighted by atomic mass is 16.3. The van der Waals surface area contributed by atoms with E-state index in [1.165, 1.54) is 0 Å². The molecule has 2 atom stereocenters. The molecule has 4 nitrogen and oxygen atoms in total. The summed E-state index contributed by atoms with van der Waals surface area (Å²) in [4.78, 5) is 13.5. The normalized spacial score (nSPS) is 21.4. The molecular formula is C14H16N2O2. The Labute approximate surface area is 106 Å². The molecule has 0 aromatic heterocycles. The quantitative estimate of drug-likeness (QED) is 0.878. The highest BCUT2D eigenvalue weighted by Crippen LogP contribution is 2.28. The van der Waals surface area contributed by atoms with E-state index in [1.54, 1.807) is 4.90 Å². The predicted octanol–water partition coefficient (Wildman–Crippen LogP) is 1.62. The summed E-state index contributed by atoms with van der Waals surface area (Å²) in [6, 6.07) is 10.7. The summed E-state index contributed by atoms with van der Waals surface area (Å²) in [5.74, 6) is -0.0456. The second-order valence-corrected chi connectivity index (χ2v) is 4.45. The lowest BCUT2D eigenvalue weighted by molar-refractivity contribution is -0.139. The van der Waals surface area contributed by atoms with Crippen molar-refractivity contribution in [1.82, 2.24) is 4.90 Å². The molecule has 1 aromatic rings. The molecule has 1 N–H and O–H groups in total. The fourth-order valence-electron chi connectivity index (χ4n) is 2.44. The third-order valence-corrected chi connectivity index (χ3v) is 3.33. The van der Waals surface area contributed by atoms with Crippen LogP contribution in [0.5, 0.6) is 0 Å². The van der Waals surface area contributed by atoms with Crippen molar-refractivity contribution in [3.8, 4) is 6.07 Å². The summed E-state index contributed by atoms with van der Waals surface area (Å²) < 4.78 is 0. The number of amides is 1. The Morgan fingerprint density at radius 2 is 2.17 bits per heavy atom. The molecular weight excluding hydrogens is 228 g/mol. The zero-order chi connectivity index (χ0) is 13.0. The maximum absolute atomic E-state index is 12.0. The molecule has 1 fully saturated rings. The summed E-state index contributed by atoms with van der Waals surface area (Å²) in [5.41, 5.74) is 0.871. The maximum Gasteiger partial charge on any atom is 0.224 e. The lowest BCUT2D eigenvalue weighted by Crippen LogP contribution is -2.46. The largest absolute Gasteiger partial charge is 0.394 e. The first-order valence-electron chi connectivity index (χ1n) is 6.14. The van der Waals surface area contributed by atoms with E-state index in [0.29, 0.717) is 12.8 Å². The average molecular weight is 244 g/mol. The highest BCUT2D eigenvalue weighted by Gasteiger charge is 2.34. The molecule has 1 aromatic carbocycles. The van der Waals surface area contributed by atoms with Crippen LogP contribution in [0.2, 0.25) is 0 Å². The molecule has 1 heterocycles. The first kappa shape index (κ1) is 12.6. The third-order valence-electron chi connectivity index (χ3n) is 3.33. The van der Waals surface area contributed by atoms with Crippen LogP contribution >= 0.6 is 0 Å². The van der Waals surface area contributed by atoms with Crippen molar-refractivity contribution in [1.29, 1.82) is 5.26 Å². The van der Waals surface area contributed by atoms with Gasteiger partial charge in [-0.15, -0.1) is 0 Å². The van der Waals surface area contributed by atoms with E-state index >= 15 is 0 Å². The summed E-state index contributed by atoms with van der Waals surface area (Å²) >= 11 is 0. The van der Waals surface area contributed by atoms with Crippen LogP contribution in [0.25, 0.3) is 0 Å². The van der Waals surface area contributed by atoms with E-state index in [2.05, 4.69) is 6.07 Å². The minimum Gasteiger partial charge on any atom is -0.394 e. The van der Waals surface area contributed by atoms with Gasteiger partial charge in [-0.25, -0.2) is 0 Å². The Kier molecular flexibility index (Phi) is 3.96. The summed E-state index contributed by atoms with van der Waals surface area (Å²) in [5, 5.41) is 18.7. The number of carbonyl (C=O) groups is 1. The number of aliphatic hydroxyl groups excluding tert-OH is 1. The minimum atomic E-state index is -0.427. The van der Waals surface area contributed by atoms with Gasteiger partial charge < -0.3 is 10.0 Å². The van der Waals surface area contributed by atoms with Crippen LogP contribution in [0.3, 0.4) is 0 Å². The molecule has 0 saturated carbocycles. The number of carbonyl (C=O) groups excluding carboxylic acids is 1. The van der Waals surface area contributed by atoms with E-state index in [4.69, 9.17) is 5.26 Å². The molecule has 1 unspecified atom stereocenters. The van der Waals surface area contributed by atoms with Gasteiger partial charge in [0.1, 0.15) is 6.04 Å². The molecule has 1 aliphatic rings. The van der Waals surface area contributed by atoms with Crippen molar-refractivity contribution in [2.24, 2.45) is 0 Å². The van der Waals surface area contributed by atoms with Gasteiger partial charge in [-0.05, 0) is 18.4 Å². The number of rotatable bonds is 3. The molecule has 1 saturated heterocycles. The van der Waals surface area contributed by atoms with Crippen LogP contribution in [0.4, 0.5) is 0 Å². The Morgan fingerprint density at radius 1 is 1.44 bits per heavy atom. The average Bonchev–Trinajstić information content (AvgIpc) is 2.42. The molecule has 18 heavy (non-hydrogen) atoms. The van der Waals surface area contributed by atoms with Crippen molar-refractivity contribution in [2.75, 3.05) is 6.61 Å². The maximum atomic E-state index is 12.0. The van der Waals surface area contributed by atoms with Crippen LogP contribution in [0, 0.1) is 11.3 Å². The number of nitrogens with zero attached hydrogens (tertiary/aromatic N) is 2. The number of piperidine rings is 1. The zero-order valence-corrected chi connectivity index (χ0v) is 10.1. The van der Waals surface area contributed by atoms with Crippen molar-refractivity contribution in [2.45, 2.75) is 31.3 Å². The van der Waals surface area contributed by atoms with E-state index in [-0.39, 0.29) is 12.5 Å². The number of nitriles is 1. The van der Waals surface area contributed by atoms with Crippen LogP contribution in [0.1, 0.15) is 30.9 Å². The van der Waals surface area contributed by atoms with Crippen molar-refractivity contribution >= 4 is 5.91 Å². The molecule has 1 amide bonds. The standard InChI is InChI=1S/C14H16N2O2/c15-9-12-7-4-8-14(18)16(12)13(10-17)11-5-2-1-3-6-11/h1-3,5-6,12-13,17H,4,7-8,10H2/t12?,13-/m0/s1. The lowest BCUT2D eigenvalue weighted by atomic mass is 9.97. The lowest BCUT2D eigenvalue weighted by Gasteiger charge is -2.37. The molecule has 1 aliphatic heterocycles. The first-order valence-corrected chi connectivity index (χ1v) is 6.14. The van der Waals surface area contributed by atoms with E-state index in [1.807, 2.05) is 30.3 Å². The van der Waals surface area contributed by atoms with Gasteiger partial charge in [-0.1, -0.05) is 30.3 Å². The first-order chi connectivity index (χ1) is 8.77. The van der Waals surface area contributed by atoms with Gasteiger partial charge in [-0.3, -0.25) is 4.79 Å². The predicted molar refractivity (Wildman–Crippen MR) is 66.4 cm³/mol. The highest BCUT2D eigenvalue weighted by molar-refractivity contribution is 5.78. The van der Waals surface area contributed by atoms with Gasteiger partial charge in [0.2, 0.25) is 5.91 Å². The number of aliphatic hydroxyl groups is 1. The second-order valence-electron chi connectivity index (χ2n) is 4.45. The van der Waals surface area contributed by atoms with E-state index in [0.717, 1.165) is 12.0 Å². The molecule has 4 heteroatoms. The molecule has 2 rings (SSSR count). The fraction of sp³-hybridized carbons (Fsp3) is 0.429. The second kappa shape index (κ2) is 5.65. The van der Waals surface area contributed by atoms with Crippen molar-refractivity contribution < 1.29 is 9.90 Å². The monoisotopic (exact) mass is 244 g/mol. The van der Waals surface area contributed by atoms with Crippen LogP contribution in [0.15, 0.2) is 30.3 Å². The van der Waals surface area contributed by atoms with Gasteiger partial charge in [-0.2, -0.15) is 5.26 Å². The van der Waals surface area contributed by atoms with Gasteiger partial charge >= 0.3 is 0 Å². The van der Waals surface area contributed by atoms with E-state index in [9.17, 15) is 9.90 Å². The van der Waals surface area contributed by atoms with Gasteiger partial charge in [0.05, 0.1) is 18.7 Å². The number of benzene rings is 1. The number of hydrogen-bond acceptors (Lipinski definition) is 3. The molecule has 0 spiro atoms. The van der Waals surface area contributed by atoms with Crippen LogP contribution < -0.4 is 0 Å². The Hall–Kier alpha value is -1.86. The van der Waals surface area contributed by atoms with Crippen molar-refractivity contribution in [3.05, 3.63) is 35.9 Å². The Bertz CT molecular complexity index is 453. The fourth-order valence-corrected chi connectivity index (χ4v) is 2.44. The number of likely N-dealkylation sites (tertiary alicyclic amines) is 1. The number of hydrogen-bond donors (Lipinski definition) is 1. The smallest absolute Gasteiger partial charge is 0.224 e. The van der Waals surface area contributed by atoms with E-state index < -0.39 is 12.1 Å². The summed E-state index contributed by atoms with van der Waals surface area (Å²) in [6.45, 7) is -0.159. The molecule has 0 aliphatic carbocycles. The minimum absolute atomic E-state index is 0.0456. The van der Waals surface area contributed by atoms with Gasteiger partial charge in [0, 0.05) is 6.42 Å². The SMILES string of the molecule is N#CC1CCCC(=O)N1[C@@H](CO)c1ccccc1.